The minimum absolute atomic E-state index is 0.0372. The van der Waals surface area contributed by atoms with Crippen molar-refractivity contribution in [1.29, 1.82) is 0 Å². The number of nitrogens with one attached hydrogen (secondary N) is 2. The summed E-state index contributed by atoms with van der Waals surface area (Å²) >= 11 is 0. The first kappa shape index (κ1) is 24.7. The van der Waals surface area contributed by atoms with Crippen LogP contribution in [0.2, 0.25) is 0 Å². The lowest BCUT2D eigenvalue weighted by Crippen LogP contribution is -2.42. The number of nitrogens with zero attached hydrogens (tertiary/aromatic N) is 3. The van der Waals surface area contributed by atoms with Gasteiger partial charge in [-0.15, -0.1) is 0 Å². The third kappa shape index (κ3) is 7.03. The molecule has 0 saturated carbocycles. The maximum atomic E-state index is 12.5. The summed E-state index contributed by atoms with van der Waals surface area (Å²) in [6.45, 7) is 4.14. The van der Waals surface area contributed by atoms with Gasteiger partial charge in [-0.1, -0.05) is 0 Å². The molecule has 2 heterocycles. The fourth-order valence-corrected chi connectivity index (χ4v) is 4.71. The van der Waals surface area contributed by atoms with Gasteiger partial charge in [0.15, 0.2) is 0 Å². The lowest BCUT2D eigenvalue weighted by atomic mass is 9.96. The van der Waals surface area contributed by atoms with E-state index in [1.165, 1.54) is 18.3 Å². The standard InChI is InChI=1S/C22H31N5O5S/c1-3-32-19-4-6-20(7-5-19)33(30,31)25-11-8-21(28)27-12-9-17(10-13-27)14-23-22(29)18-15-24-26(2)16-18/h4-7,15-17,25H,3,8-14H2,1-2H3,(H,23,29). The molecule has 180 valence electrons. The summed E-state index contributed by atoms with van der Waals surface area (Å²) in [5, 5.41) is 6.92. The Hall–Kier alpha value is -2.92. The van der Waals surface area contributed by atoms with Crippen molar-refractivity contribution >= 4 is 21.8 Å². The smallest absolute Gasteiger partial charge is 0.254 e. The zero-order valence-corrected chi connectivity index (χ0v) is 19.8. The second-order valence-corrected chi connectivity index (χ2v) is 9.76. The van der Waals surface area contributed by atoms with Crippen molar-refractivity contribution in [3.05, 3.63) is 42.2 Å². The SMILES string of the molecule is CCOc1ccc(S(=O)(=O)NCCC(=O)N2CCC(CNC(=O)c3cnn(C)c3)CC2)cc1. The van der Waals surface area contributed by atoms with Gasteiger partial charge in [0.05, 0.1) is 23.3 Å². The Morgan fingerprint density at radius 3 is 2.48 bits per heavy atom. The van der Waals surface area contributed by atoms with Crippen molar-refractivity contribution in [3.63, 3.8) is 0 Å². The summed E-state index contributed by atoms with van der Waals surface area (Å²) in [6.07, 6.45) is 4.87. The zero-order valence-electron chi connectivity index (χ0n) is 19.0. The molecule has 2 N–H and O–H groups in total. The summed E-state index contributed by atoms with van der Waals surface area (Å²) in [4.78, 5) is 26.5. The molecule has 33 heavy (non-hydrogen) atoms. The van der Waals surface area contributed by atoms with E-state index in [1.807, 2.05) is 6.92 Å². The molecule has 1 aliphatic rings. The molecule has 0 aliphatic carbocycles. The molecule has 1 saturated heterocycles. The monoisotopic (exact) mass is 477 g/mol. The van der Waals surface area contributed by atoms with Crippen LogP contribution in [0.1, 0.15) is 36.5 Å². The average Bonchev–Trinajstić information content (AvgIpc) is 3.24. The molecule has 2 amide bonds. The number of hydrogen-bond donors (Lipinski definition) is 2. The quantitative estimate of drug-likeness (QED) is 0.529. The van der Waals surface area contributed by atoms with Gasteiger partial charge in [0.2, 0.25) is 15.9 Å². The molecule has 0 bridgehead atoms. The molecule has 0 spiro atoms. The fourth-order valence-electron chi connectivity index (χ4n) is 3.68. The number of amides is 2. The molecular weight excluding hydrogens is 446 g/mol. The molecule has 0 atom stereocenters. The maximum Gasteiger partial charge on any atom is 0.254 e. The van der Waals surface area contributed by atoms with E-state index in [-0.39, 0.29) is 29.7 Å². The number of likely N-dealkylation sites (tertiary alicyclic amines) is 1. The van der Waals surface area contributed by atoms with Gasteiger partial charge in [0, 0.05) is 45.8 Å². The highest BCUT2D eigenvalue weighted by molar-refractivity contribution is 7.89. The van der Waals surface area contributed by atoms with Crippen LogP contribution in [0.25, 0.3) is 0 Å². The molecule has 11 heteroatoms. The average molecular weight is 478 g/mol. The van der Waals surface area contributed by atoms with Crippen molar-refractivity contribution in [2.24, 2.45) is 13.0 Å². The second-order valence-electron chi connectivity index (χ2n) is 7.99. The third-order valence-corrected chi connectivity index (χ3v) is 7.04. The number of carbonyl (C=O) groups is 2. The van der Waals surface area contributed by atoms with Gasteiger partial charge in [0.25, 0.3) is 5.91 Å². The summed E-state index contributed by atoms with van der Waals surface area (Å²) in [7, 11) is -1.93. The summed E-state index contributed by atoms with van der Waals surface area (Å²) in [6, 6.07) is 6.17. The Labute approximate surface area is 194 Å². The van der Waals surface area contributed by atoms with Gasteiger partial charge in [-0.25, -0.2) is 13.1 Å². The number of carbonyl (C=O) groups excluding carboxylic acids is 2. The number of ether oxygens (including phenoxy) is 1. The minimum atomic E-state index is -3.69. The van der Waals surface area contributed by atoms with Crippen molar-refractivity contribution in [2.45, 2.75) is 31.1 Å². The van der Waals surface area contributed by atoms with E-state index in [0.29, 0.717) is 43.5 Å². The van der Waals surface area contributed by atoms with Gasteiger partial charge in [-0.3, -0.25) is 14.3 Å². The Morgan fingerprint density at radius 1 is 1.18 bits per heavy atom. The molecule has 2 aromatic rings. The second kappa shape index (κ2) is 11.3. The highest BCUT2D eigenvalue weighted by atomic mass is 32.2. The first-order chi connectivity index (χ1) is 15.8. The first-order valence-corrected chi connectivity index (χ1v) is 12.5. The molecular formula is C22H31N5O5S. The summed E-state index contributed by atoms with van der Waals surface area (Å²) in [5.74, 6) is 0.670. The molecule has 10 nitrogen and oxygen atoms in total. The summed E-state index contributed by atoms with van der Waals surface area (Å²) < 4.78 is 34.2. The largest absolute Gasteiger partial charge is 0.494 e. The predicted molar refractivity (Wildman–Crippen MR) is 122 cm³/mol. The molecule has 0 unspecified atom stereocenters. The van der Waals surface area contributed by atoms with Gasteiger partial charge in [0.1, 0.15) is 5.75 Å². The van der Waals surface area contributed by atoms with Gasteiger partial charge >= 0.3 is 0 Å². The highest BCUT2D eigenvalue weighted by Gasteiger charge is 2.24. The van der Waals surface area contributed by atoms with E-state index in [2.05, 4.69) is 15.1 Å². The van der Waals surface area contributed by atoms with E-state index < -0.39 is 10.0 Å². The van der Waals surface area contributed by atoms with E-state index in [1.54, 1.807) is 35.0 Å². The van der Waals surface area contributed by atoms with Crippen molar-refractivity contribution in [2.75, 3.05) is 32.8 Å². The molecule has 0 radical (unpaired) electrons. The topological polar surface area (TPSA) is 123 Å². The Kier molecular flexibility index (Phi) is 8.45. The van der Waals surface area contributed by atoms with Crippen LogP contribution >= 0.6 is 0 Å². The van der Waals surface area contributed by atoms with Gasteiger partial charge in [-0.05, 0) is 49.9 Å². The number of piperidine rings is 1. The van der Waals surface area contributed by atoms with E-state index in [4.69, 9.17) is 4.74 Å². The van der Waals surface area contributed by atoms with E-state index >= 15 is 0 Å². The number of aromatic nitrogens is 2. The van der Waals surface area contributed by atoms with E-state index in [9.17, 15) is 18.0 Å². The van der Waals surface area contributed by atoms with Gasteiger partial charge in [-0.2, -0.15) is 5.10 Å². The van der Waals surface area contributed by atoms with Crippen molar-refractivity contribution in [1.82, 2.24) is 24.7 Å². The van der Waals surface area contributed by atoms with E-state index in [0.717, 1.165) is 12.8 Å². The molecule has 1 fully saturated rings. The number of aryl methyl sites for hydroxylation is 1. The Morgan fingerprint density at radius 2 is 1.88 bits per heavy atom. The number of hydrogen-bond acceptors (Lipinski definition) is 6. The first-order valence-electron chi connectivity index (χ1n) is 11.1. The molecule has 1 aromatic heterocycles. The van der Waals surface area contributed by atoms with Crippen molar-refractivity contribution < 1.29 is 22.7 Å². The number of rotatable bonds is 10. The van der Waals surface area contributed by atoms with Crippen LogP contribution in [-0.4, -0.2) is 67.7 Å². The Bertz CT molecular complexity index is 1040. The van der Waals surface area contributed by atoms with Crippen LogP contribution in [0.3, 0.4) is 0 Å². The zero-order chi connectivity index (χ0) is 23.8. The summed E-state index contributed by atoms with van der Waals surface area (Å²) in [5.41, 5.74) is 0.526. The van der Waals surface area contributed by atoms with Gasteiger partial charge < -0.3 is 15.0 Å². The molecule has 1 aliphatic heterocycles. The lowest BCUT2D eigenvalue weighted by molar-refractivity contribution is -0.132. The van der Waals surface area contributed by atoms with Crippen LogP contribution in [0.4, 0.5) is 0 Å². The van der Waals surface area contributed by atoms with Crippen LogP contribution in [0.5, 0.6) is 5.75 Å². The predicted octanol–water partition coefficient (Wildman–Crippen LogP) is 1.16. The van der Waals surface area contributed by atoms with Crippen LogP contribution in [0.15, 0.2) is 41.6 Å². The number of sulfonamides is 1. The molecule has 1 aromatic carbocycles. The van der Waals surface area contributed by atoms with Crippen LogP contribution < -0.4 is 14.8 Å². The van der Waals surface area contributed by atoms with Crippen LogP contribution in [-0.2, 0) is 21.9 Å². The number of benzene rings is 1. The fraction of sp³-hybridized carbons (Fsp3) is 0.500. The normalized spacial score (nSPS) is 14.8. The van der Waals surface area contributed by atoms with Crippen LogP contribution in [0, 0.1) is 5.92 Å². The minimum Gasteiger partial charge on any atom is -0.494 e. The maximum absolute atomic E-state index is 12.5. The Balaban J connectivity index is 1.37. The van der Waals surface area contributed by atoms with Crippen molar-refractivity contribution in [3.8, 4) is 5.75 Å². The molecule has 3 rings (SSSR count). The highest BCUT2D eigenvalue weighted by Crippen LogP contribution is 2.18. The lowest BCUT2D eigenvalue weighted by Gasteiger charge is -2.32. The third-order valence-electron chi connectivity index (χ3n) is 5.56.